The zero-order valence-electron chi connectivity index (χ0n) is 13.0. The molecule has 0 aromatic heterocycles. The van der Waals surface area contributed by atoms with Crippen molar-refractivity contribution in [1.29, 1.82) is 0 Å². The molecule has 0 heterocycles. The molecule has 0 spiro atoms. The van der Waals surface area contributed by atoms with Crippen LogP contribution < -0.4 is 10.5 Å². The number of carbonyl (C=O) groups is 1. The van der Waals surface area contributed by atoms with Gasteiger partial charge in [-0.1, -0.05) is 56.6 Å². The lowest BCUT2D eigenvalue weighted by atomic mass is 9.87. The van der Waals surface area contributed by atoms with Gasteiger partial charge < -0.3 is 10.5 Å². The highest BCUT2D eigenvalue weighted by Crippen LogP contribution is 2.31. The lowest BCUT2D eigenvalue weighted by molar-refractivity contribution is 0.0998. The quantitative estimate of drug-likeness (QED) is 0.913. The number of hydrogen-bond acceptors (Lipinski definition) is 2. The molecule has 0 unspecified atom stereocenters. The van der Waals surface area contributed by atoms with Gasteiger partial charge in [-0.15, -0.1) is 0 Å². The summed E-state index contributed by atoms with van der Waals surface area (Å²) in [6.07, 6.45) is 0. The molecule has 0 saturated heterocycles. The van der Waals surface area contributed by atoms with Gasteiger partial charge in [0.2, 0.25) is 5.91 Å². The van der Waals surface area contributed by atoms with Gasteiger partial charge in [-0.2, -0.15) is 0 Å². The molecule has 3 nitrogen and oxygen atoms in total. The molecule has 1 amide bonds. The van der Waals surface area contributed by atoms with E-state index in [0.717, 1.165) is 11.1 Å². The van der Waals surface area contributed by atoms with E-state index in [-0.39, 0.29) is 12.0 Å². The molecule has 0 bridgehead atoms. The van der Waals surface area contributed by atoms with E-state index in [4.69, 9.17) is 22.1 Å². The van der Waals surface area contributed by atoms with Gasteiger partial charge in [0.1, 0.15) is 12.4 Å². The monoisotopic (exact) mass is 317 g/mol. The van der Waals surface area contributed by atoms with E-state index in [1.54, 1.807) is 12.1 Å². The van der Waals surface area contributed by atoms with Crippen LogP contribution in [0, 0.1) is 0 Å². The molecule has 2 aromatic rings. The Bertz CT molecular complexity index is 690. The number of carbonyl (C=O) groups excluding carboxylic acids is 1. The van der Waals surface area contributed by atoms with Crippen molar-refractivity contribution in [3.8, 4) is 5.75 Å². The Morgan fingerprint density at radius 3 is 2.45 bits per heavy atom. The fourth-order valence-electron chi connectivity index (χ4n) is 2.13. The number of hydrogen-bond donors (Lipinski definition) is 1. The molecule has 0 aliphatic heterocycles. The first-order chi connectivity index (χ1) is 10.3. The Hall–Kier alpha value is -2.00. The predicted octanol–water partition coefficient (Wildman–Crippen LogP) is 4.32. The van der Waals surface area contributed by atoms with Crippen molar-refractivity contribution in [2.24, 2.45) is 5.73 Å². The van der Waals surface area contributed by atoms with Crippen LogP contribution in [-0.2, 0) is 12.0 Å². The van der Waals surface area contributed by atoms with Gasteiger partial charge in [-0.3, -0.25) is 4.79 Å². The molecule has 0 aliphatic carbocycles. The van der Waals surface area contributed by atoms with Gasteiger partial charge in [0.05, 0.1) is 5.02 Å². The van der Waals surface area contributed by atoms with Crippen molar-refractivity contribution >= 4 is 17.5 Å². The molecule has 0 fully saturated rings. The number of amides is 1. The van der Waals surface area contributed by atoms with E-state index in [1.165, 1.54) is 0 Å². The lowest BCUT2D eigenvalue weighted by Crippen LogP contribution is -2.14. The Morgan fingerprint density at radius 1 is 1.18 bits per heavy atom. The third kappa shape index (κ3) is 3.80. The van der Waals surface area contributed by atoms with Gasteiger partial charge in [-0.25, -0.2) is 0 Å². The van der Waals surface area contributed by atoms with Crippen LogP contribution in [0.1, 0.15) is 42.3 Å². The predicted molar refractivity (Wildman–Crippen MR) is 89.4 cm³/mol. The average molecular weight is 318 g/mol. The number of benzene rings is 2. The summed E-state index contributed by atoms with van der Waals surface area (Å²) in [4.78, 5) is 11.4. The van der Waals surface area contributed by atoms with Crippen molar-refractivity contribution < 1.29 is 9.53 Å². The van der Waals surface area contributed by atoms with Crippen LogP contribution in [0.25, 0.3) is 0 Å². The minimum Gasteiger partial charge on any atom is -0.487 e. The molecule has 4 heteroatoms. The van der Waals surface area contributed by atoms with Gasteiger partial charge >= 0.3 is 0 Å². The fourth-order valence-corrected chi connectivity index (χ4v) is 2.36. The third-order valence-corrected chi connectivity index (χ3v) is 3.76. The topological polar surface area (TPSA) is 52.3 Å². The molecule has 2 N–H and O–H groups in total. The fraction of sp³-hybridized carbons (Fsp3) is 0.278. The number of ether oxygens (including phenoxy) is 1. The Kier molecular flexibility index (Phi) is 4.77. The first-order valence-corrected chi connectivity index (χ1v) is 7.47. The van der Waals surface area contributed by atoms with Gasteiger partial charge in [0.25, 0.3) is 0 Å². The SMILES string of the molecule is CC(C)(C)c1ccc(OCc2ccccc2C(N)=O)c(Cl)c1. The van der Waals surface area contributed by atoms with E-state index >= 15 is 0 Å². The average Bonchev–Trinajstić information content (AvgIpc) is 2.45. The summed E-state index contributed by atoms with van der Waals surface area (Å²) in [6.45, 7) is 6.63. The van der Waals surface area contributed by atoms with Crippen LogP contribution in [0.3, 0.4) is 0 Å². The minimum atomic E-state index is -0.464. The largest absolute Gasteiger partial charge is 0.487 e. The molecule has 0 aliphatic rings. The Balaban J connectivity index is 2.18. The zero-order chi connectivity index (χ0) is 16.3. The van der Waals surface area contributed by atoms with Gasteiger partial charge in [0.15, 0.2) is 0 Å². The highest BCUT2D eigenvalue weighted by atomic mass is 35.5. The number of halogens is 1. The summed E-state index contributed by atoms with van der Waals surface area (Å²) in [5, 5.41) is 0.559. The highest BCUT2D eigenvalue weighted by molar-refractivity contribution is 6.32. The maximum Gasteiger partial charge on any atom is 0.249 e. The number of nitrogens with two attached hydrogens (primary N) is 1. The van der Waals surface area contributed by atoms with Gasteiger partial charge in [0, 0.05) is 11.1 Å². The molecule has 0 atom stereocenters. The van der Waals surface area contributed by atoms with Gasteiger partial charge in [-0.05, 0) is 29.2 Å². The molecular weight excluding hydrogens is 298 g/mol. The van der Waals surface area contributed by atoms with Crippen molar-refractivity contribution in [2.45, 2.75) is 32.8 Å². The van der Waals surface area contributed by atoms with Crippen molar-refractivity contribution in [2.75, 3.05) is 0 Å². The summed E-state index contributed by atoms with van der Waals surface area (Å²) in [6, 6.07) is 12.9. The minimum absolute atomic E-state index is 0.0285. The van der Waals surface area contributed by atoms with Crippen LogP contribution in [0.4, 0.5) is 0 Å². The lowest BCUT2D eigenvalue weighted by Gasteiger charge is -2.20. The maximum absolute atomic E-state index is 11.4. The van der Waals surface area contributed by atoms with Crippen LogP contribution in [0.5, 0.6) is 5.75 Å². The first-order valence-electron chi connectivity index (χ1n) is 7.09. The second-order valence-corrected chi connectivity index (χ2v) is 6.61. The molecule has 116 valence electrons. The van der Waals surface area contributed by atoms with E-state index < -0.39 is 5.91 Å². The van der Waals surface area contributed by atoms with E-state index in [0.29, 0.717) is 16.3 Å². The third-order valence-electron chi connectivity index (χ3n) is 3.46. The molecule has 0 radical (unpaired) electrons. The molecule has 22 heavy (non-hydrogen) atoms. The molecule has 2 rings (SSSR count). The Morgan fingerprint density at radius 2 is 1.86 bits per heavy atom. The Labute approximate surface area is 136 Å². The summed E-state index contributed by atoms with van der Waals surface area (Å²) < 4.78 is 5.74. The normalized spacial score (nSPS) is 11.3. The summed E-state index contributed by atoms with van der Waals surface area (Å²) in [5.74, 6) is 0.127. The van der Waals surface area contributed by atoms with Crippen molar-refractivity contribution in [3.05, 3.63) is 64.2 Å². The number of primary amides is 1. The van der Waals surface area contributed by atoms with Crippen LogP contribution >= 0.6 is 11.6 Å². The first kappa shape index (κ1) is 16.4. The molecule has 0 saturated carbocycles. The number of rotatable bonds is 4. The smallest absolute Gasteiger partial charge is 0.249 e. The van der Waals surface area contributed by atoms with E-state index in [2.05, 4.69) is 20.8 Å². The standard InChI is InChI=1S/C18H20ClNO2/c1-18(2,3)13-8-9-16(15(19)10-13)22-11-12-6-4-5-7-14(12)17(20)21/h4-10H,11H2,1-3H3,(H2,20,21). The van der Waals surface area contributed by atoms with Crippen molar-refractivity contribution in [1.82, 2.24) is 0 Å². The second kappa shape index (κ2) is 6.41. The second-order valence-electron chi connectivity index (χ2n) is 6.21. The summed E-state index contributed by atoms with van der Waals surface area (Å²) in [5.41, 5.74) is 7.73. The van der Waals surface area contributed by atoms with E-state index in [9.17, 15) is 4.79 Å². The zero-order valence-corrected chi connectivity index (χ0v) is 13.8. The molecule has 2 aromatic carbocycles. The summed E-state index contributed by atoms with van der Waals surface area (Å²) in [7, 11) is 0. The highest BCUT2D eigenvalue weighted by Gasteiger charge is 2.16. The summed E-state index contributed by atoms with van der Waals surface area (Å²) >= 11 is 6.29. The van der Waals surface area contributed by atoms with Crippen LogP contribution in [0.15, 0.2) is 42.5 Å². The molecular formula is C18H20ClNO2. The van der Waals surface area contributed by atoms with Crippen LogP contribution in [-0.4, -0.2) is 5.91 Å². The van der Waals surface area contributed by atoms with Crippen molar-refractivity contribution in [3.63, 3.8) is 0 Å². The maximum atomic E-state index is 11.4. The van der Waals surface area contributed by atoms with Crippen LogP contribution in [0.2, 0.25) is 5.02 Å². The van der Waals surface area contributed by atoms with E-state index in [1.807, 2.05) is 30.3 Å².